The van der Waals surface area contributed by atoms with Crippen LogP contribution in [0.15, 0.2) is 29.2 Å². The minimum atomic E-state index is -0.177. The molecular formula is C13H13NO2. The smallest absolute Gasteiger partial charge is 0.189 e. The molecule has 0 fully saturated rings. The second kappa shape index (κ2) is 2.88. The maximum atomic E-state index is 11.7. The van der Waals surface area contributed by atoms with Crippen molar-refractivity contribution in [1.29, 1.82) is 0 Å². The van der Waals surface area contributed by atoms with E-state index in [0.29, 0.717) is 5.39 Å². The molecule has 1 N–H and O–H groups in total. The molecule has 0 aliphatic carbocycles. The van der Waals surface area contributed by atoms with Crippen LogP contribution in [0.4, 0.5) is 0 Å². The Morgan fingerprint density at radius 3 is 2.94 bits per heavy atom. The van der Waals surface area contributed by atoms with Crippen molar-refractivity contribution in [3.05, 3.63) is 40.2 Å². The number of aromatic nitrogens is 1. The summed E-state index contributed by atoms with van der Waals surface area (Å²) in [6, 6.07) is 5.40. The standard InChI is InChI=1S/C13H13NO2/c1-13(2)7-8-3-4-9-10(15)5-6-14-11(9)12(8)16-13/h3-6H,7H2,1-2H3,(H,14,15). The maximum Gasteiger partial charge on any atom is 0.189 e. The third-order valence-electron chi connectivity index (χ3n) is 2.96. The first-order valence-electron chi connectivity index (χ1n) is 5.39. The zero-order valence-electron chi connectivity index (χ0n) is 9.33. The highest BCUT2D eigenvalue weighted by atomic mass is 16.5. The van der Waals surface area contributed by atoms with Crippen LogP contribution in [-0.4, -0.2) is 10.6 Å². The highest BCUT2D eigenvalue weighted by molar-refractivity contribution is 5.86. The molecule has 2 heterocycles. The lowest BCUT2D eigenvalue weighted by molar-refractivity contribution is 0.140. The van der Waals surface area contributed by atoms with E-state index < -0.39 is 0 Å². The molecule has 0 saturated heterocycles. The molecule has 0 bridgehead atoms. The Balaban J connectivity index is 2.36. The Morgan fingerprint density at radius 2 is 2.12 bits per heavy atom. The van der Waals surface area contributed by atoms with Gasteiger partial charge in [-0.2, -0.15) is 0 Å². The molecule has 1 aromatic heterocycles. The van der Waals surface area contributed by atoms with Gasteiger partial charge in [-0.3, -0.25) is 4.79 Å². The summed E-state index contributed by atoms with van der Waals surface area (Å²) in [5, 5.41) is 0.693. The van der Waals surface area contributed by atoms with Crippen LogP contribution in [0.1, 0.15) is 19.4 Å². The number of pyridine rings is 1. The summed E-state index contributed by atoms with van der Waals surface area (Å²) in [6.45, 7) is 4.11. The van der Waals surface area contributed by atoms with Crippen LogP contribution in [0.2, 0.25) is 0 Å². The van der Waals surface area contributed by atoms with E-state index in [1.807, 2.05) is 12.1 Å². The van der Waals surface area contributed by atoms with Crippen molar-refractivity contribution in [2.75, 3.05) is 0 Å². The molecule has 1 aliphatic rings. The van der Waals surface area contributed by atoms with Crippen LogP contribution in [-0.2, 0) is 6.42 Å². The van der Waals surface area contributed by atoms with E-state index in [9.17, 15) is 4.79 Å². The number of fused-ring (bicyclic) bond motifs is 3. The Kier molecular flexibility index (Phi) is 1.70. The molecule has 0 saturated carbocycles. The molecule has 3 rings (SSSR count). The SMILES string of the molecule is CC1(C)Cc2ccc3c(=O)cc[nH]c3c2O1. The van der Waals surface area contributed by atoms with Crippen LogP contribution in [0.5, 0.6) is 5.75 Å². The van der Waals surface area contributed by atoms with Crippen LogP contribution in [0, 0.1) is 0 Å². The minimum absolute atomic E-state index is 0.0323. The van der Waals surface area contributed by atoms with Gasteiger partial charge in [-0.15, -0.1) is 0 Å². The summed E-state index contributed by atoms with van der Waals surface area (Å²) in [7, 11) is 0. The average molecular weight is 215 g/mol. The van der Waals surface area contributed by atoms with Gasteiger partial charge in [-0.1, -0.05) is 6.07 Å². The Hall–Kier alpha value is -1.77. The molecule has 3 nitrogen and oxygen atoms in total. The normalized spacial score (nSPS) is 17.1. The first-order chi connectivity index (χ1) is 7.57. The summed E-state index contributed by atoms with van der Waals surface area (Å²) in [4.78, 5) is 14.8. The third-order valence-corrected chi connectivity index (χ3v) is 2.96. The van der Waals surface area contributed by atoms with Gasteiger partial charge in [0.2, 0.25) is 0 Å². The van der Waals surface area contributed by atoms with E-state index in [-0.39, 0.29) is 11.0 Å². The molecule has 1 aromatic carbocycles. The first-order valence-corrected chi connectivity index (χ1v) is 5.39. The molecular weight excluding hydrogens is 202 g/mol. The van der Waals surface area contributed by atoms with Gasteiger partial charge in [0.15, 0.2) is 5.43 Å². The molecule has 0 radical (unpaired) electrons. The summed E-state index contributed by atoms with van der Waals surface area (Å²) >= 11 is 0. The zero-order chi connectivity index (χ0) is 11.3. The summed E-state index contributed by atoms with van der Waals surface area (Å²) < 4.78 is 5.89. The summed E-state index contributed by atoms with van der Waals surface area (Å²) in [5.41, 5.74) is 1.84. The molecule has 82 valence electrons. The molecule has 2 aromatic rings. The van der Waals surface area contributed by atoms with Crippen molar-refractivity contribution in [2.24, 2.45) is 0 Å². The zero-order valence-corrected chi connectivity index (χ0v) is 9.33. The van der Waals surface area contributed by atoms with Crippen molar-refractivity contribution in [3.8, 4) is 5.75 Å². The fourth-order valence-electron chi connectivity index (χ4n) is 2.29. The predicted molar refractivity (Wildman–Crippen MR) is 63.0 cm³/mol. The van der Waals surface area contributed by atoms with E-state index in [2.05, 4.69) is 18.8 Å². The van der Waals surface area contributed by atoms with Crippen LogP contribution in [0.3, 0.4) is 0 Å². The number of benzene rings is 1. The van der Waals surface area contributed by atoms with Crippen molar-refractivity contribution in [1.82, 2.24) is 4.98 Å². The Morgan fingerprint density at radius 1 is 1.31 bits per heavy atom. The van der Waals surface area contributed by atoms with Crippen molar-refractivity contribution >= 4 is 10.9 Å². The number of hydrogen-bond acceptors (Lipinski definition) is 2. The fraction of sp³-hybridized carbons (Fsp3) is 0.308. The Bertz CT molecular complexity index is 625. The van der Waals surface area contributed by atoms with Crippen LogP contribution in [0.25, 0.3) is 10.9 Å². The third kappa shape index (κ3) is 1.24. The first kappa shape index (κ1) is 9.46. The molecule has 3 heteroatoms. The quantitative estimate of drug-likeness (QED) is 0.732. The molecule has 0 spiro atoms. The second-order valence-electron chi connectivity index (χ2n) is 4.86. The van der Waals surface area contributed by atoms with E-state index in [1.54, 1.807) is 6.20 Å². The molecule has 16 heavy (non-hydrogen) atoms. The van der Waals surface area contributed by atoms with Gasteiger partial charge < -0.3 is 9.72 Å². The van der Waals surface area contributed by atoms with Crippen LogP contribution >= 0.6 is 0 Å². The van der Waals surface area contributed by atoms with Crippen LogP contribution < -0.4 is 10.2 Å². The van der Waals surface area contributed by atoms with Gasteiger partial charge in [0.1, 0.15) is 11.4 Å². The lowest BCUT2D eigenvalue weighted by atomic mass is 10.0. The topological polar surface area (TPSA) is 42.1 Å². The number of rotatable bonds is 0. The number of nitrogens with one attached hydrogen (secondary N) is 1. The largest absolute Gasteiger partial charge is 0.485 e. The second-order valence-corrected chi connectivity index (χ2v) is 4.86. The maximum absolute atomic E-state index is 11.7. The summed E-state index contributed by atoms with van der Waals surface area (Å²) in [5.74, 6) is 0.834. The highest BCUT2D eigenvalue weighted by Gasteiger charge is 2.31. The minimum Gasteiger partial charge on any atom is -0.485 e. The average Bonchev–Trinajstić information content (AvgIpc) is 2.53. The summed E-state index contributed by atoms with van der Waals surface area (Å²) in [6.07, 6.45) is 2.55. The molecule has 0 unspecified atom stereocenters. The molecule has 1 aliphatic heterocycles. The number of ether oxygens (including phenoxy) is 1. The number of hydrogen-bond donors (Lipinski definition) is 1. The Labute approximate surface area is 93.1 Å². The molecule has 0 amide bonds. The van der Waals surface area contributed by atoms with E-state index in [4.69, 9.17) is 4.74 Å². The van der Waals surface area contributed by atoms with Gasteiger partial charge in [0, 0.05) is 29.6 Å². The van der Waals surface area contributed by atoms with Gasteiger partial charge >= 0.3 is 0 Å². The fourth-order valence-corrected chi connectivity index (χ4v) is 2.29. The van der Waals surface area contributed by atoms with E-state index in [1.165, 1.54) is 11.6 Å². The van der Waals surface area contributed by atoms with Crippen molar-refractivity contribution in [2.45, 2.75) is 25.9 Å². The lowest BCUT2D eigenvalue weighted by Gasteiger charge is -2.17. The highest BCUT2D eigenvalue weighted by Crippen LogP contribution is 2.38. The number of H-pyrrole nitrogens is 1. The van der Waals surface area contributed by atoms with Gasteiger partial charge in [0.25, 0.3) is 0 Å². The lowest BCUT2D eigenvalue weighted by Crippen LogP contribution is -2.24. The van der Waals surface area contributed by atoms with Crippen molar-refractivity contribution in [3.63, 3.8) is 0 Å². The van der Waals surface area contributed by atoms with Gasteiger partial charge in [-0.05, 0) is 19.9 Å². The predicted octanol–water partition coefficient (Wildman–Crippen LogP) is 2.24. The van der Waals surface area contributed by atoms with Gasteiger partial charge in [-0.25, -0.2) is 0 Å². The monoisotopic (exact) mass is 215 g/mol. The van der Waals surface area contributed by atoms with E-state index >= 15 is 0 Å². The number of aromatic amines is 1. The molecule has 0 atom stereocenters. The van der Waals surface area contributed by atoms with Crippen molar-refractivity contribution < 1.29 is 4.74 Å². The van der Waals surface area contributed by atoms with E-state index in [0.717, 1.165) is 17.7 Å². The van der Waals surface area contributed by atoms with Gasteiger partial charge in [0.05, 0.1) is 5.52 Å².